The summed E-state index contributed by atoms with van der Waals surface area (Å²) >= 11 is 3.26. The van der Waals surface area contributed by atoms with E-state index in [4.69, 9.17) is 11.5 Å². The van der Waals surface area contributed by atoms with Gasteiger partial charge in [0.1, 0.15) is 4.60 Å². The Bertz CT molecular complexity index is 250. The molecule has 0 amide bonds. The summed E-state index contributed by atoms with van der Waals surface area (Å²) in [6.45, 7) is 0.589. The van der Waals surface area contributed by atoms with Gasteiger partial charge in [0.15, 0.2) is 0 Å². The van der Waals surface area contributed by atoms with Gasteiger partial charge in [0.05, 0.1) is 0 Å². The maximum Gasteiger partial charge on any atom is 0.221 e. The molecule has 4 nitrogen and oxygen atoms in total. The molecule has 0 aliphatic heterocycles. The molecule has 0 saturated heterocycles. The number of nitrogens with two attached hydrogens (primary N) is 2. The fourth-order valence-corrected chi connectivity index (χ4v) is 1.20. The first-order valence-electron chi connectivity index (χ1n) is 3.21. The normalized spacial score (nSPS) is 10.0. The zero-order valence-electron chi connectivity index (χ0n) is 5.92. The van der Waals surface area contributed by atoms with E-state index in [1.807, 2.05) is 0 Å². The Kier molecular flexibility index (Phi) is 2.78. The van der Waals surface area contributed by atoms with Crippen LogP contribution in [0.4, 0.5) is 5.95 Å². The summed E-state index contributed by atoms with van der Waals surface area (Å²) in [5.41, 5.74) is 11.7. The largest absolute Gasteiger partial charge is 0.368 e. The lowest BCUT2D eigenvalue weighted by molar-refractivity contribution is 0.933. The van der Waals surface area contributed by atoms with Gasteiger partial charge in [-0.05, 0) is 28.9 Å². The third-order valence-electron chi connectivity index (χ3n) is 1.24. The number of nitrogen functional groups attached to an aromatic ring is 1. The number of rotatable bonds is 2. The van der Waals surface area contributed by atoms with E-state index < -0.39 is 0 Å². The molecule has 0 unspecified atom stereocenters. The third-order valence-corrected chi connectivity index (χ3v) is 1.93. The smallest absolute Gasteiger partial charge is 0.221 e. The van der Waals surface area contributed by atoms with E-state index in [2.05, 4.69) is 25.9 Å². The Labute approximate surface area is 73.1 Å². The Morgan fingerprint density at radius 2 is 2.27 bits per heavy atom. The minimum Gasteiger partial charge on any atom is -0.368 e. The van der Waals surface area contributed by atoms with Crippen molar-refractivity contribution in [2.45, 2.75) is 6.42 Å². The molecule has 60 valence electrons. The molecular weight excluding hydrogens is 208 g/mol. The lowest BCUT2D eigenvalue weighted by Crippen LogP contribution is -2.05. The molecule has 1 aromatic rings. The van der Waals surface area contributed by atoms with Crippen LogP contribution in [0.5, 0.6) is 0 Å². The minimum atomic E-state index is 0.276. The van der Waals surface area contributed by atoms with Gasteiger partial charge in [0.25, 0.3) is 0 Å². The van der Waals surface area contributed by atoms with Crippen molar-refractivity contribution >= 4 is 21.9 Å². The number of hydrogen-bond donors (Lipinski definition) is 2. The van der Waals surface area contributed by atoms with Gasteiger partial charge in [0.2, 0.25) is 5.95 Å². The van der Waals surface area contributed by atoms with E-state index in [9.17, 15) is 0 Å². The van der Waals surface area contributed by atoms with E-state index in [0.29, 0.717) is 6.54 Å². The van der Waals surface area contributed by atoms with Crippen LogP contribution in [0.1, 0.15) is 5.56 Å². The third kappa shape index (κ3) is 2.13. The first kappa shape index (κ1) is 8.42. The Balaban J connectivity index is 2.90. The SMILES string of the molecule is NCCc1cnc(N)nc1Br. The van der Waals surface area contributed by atoms with Crippen LogP contribution < -0.4 is 11.5 Å². The topological polar surface area (TPSA) is 77.8 Å². The zero-order chi connectivity index (χ0) is 8.27. The van der Waals surface area contributed by atoms with E-state index in [-0.39, 0.29) is 5.95 Å². The highest BCUT2D eigenvalue weighted by Crippen LogP contribution is 2.13. The van der Waals surface area contributed by atoms with Crippen LogP contribution in [0.3, 0.4) is 0 Å². The van der Waals surface area contributed by atoms with Gasteiger partial charge in [0, 0.05) is 11.8 Å². The second-order valence-electron chi connectivity index (χ2n) is 2.08. The Morgan fingerprint density at radius 3 is 2.82 bits per heavy atom. The fourth-order valence-electron chi connectivity index (χ4n) is 0.722. The van der Waals surface area contributed by atoms with Gasteiger partial charge in [-0.25, -0.2) is 9.97 Å². The van der Waals surface area contributed by atoms with Crippen molar-refractivity contribution in [2.75, 3.05) is 12.3 Å². The number of anilines is 1. The molecule has 11 heavy (non-hydrogen) atoms. The number of hydrogen-bond acceptors (Lipinski definition) is 4. The maximum absolute atomic E-state index is 5.36. The molecule has 0 aliphatic rings. The van der Waals surface area contributed by atoms with Gasteiger partial charge >= 0.3 is 0 Å². The van der Waals surface area contributed by atoms with Crippen LogP contribution in [0.25, 0.3) is 0 Å². The van der Waals surface area contributed by atoms with Gasteiger partial charge < -0.3 is 11.5 Å². The van der Waals surface area contributed by atoms with E-state index in [1.165, 1.54) is 0 Å². The predicted molar refractivity (Wildman–Crippen MR) is 46.9 cm³/mol. The molecule has 0 bridgehead atoms. The monoisotopic (exact) mass is 216 g/mol. The highest BCUT2D eigenvalue weighted by molar-refractivity contribution is 9.10. The molecule has 0 aromatic carbocycles. The lowest BCUT2D eigenvalue weighted by atomic mass is 10.2. The molecular formula is C6H9BrN4. The van der Waals surface area contributed by atoms with Crippen molar-refractivity contribution in [1.82, 2.24) is 9.97 Å². The number of aromatic nitrogens is 2. The second-order valence-corrected chi connectivity index (χ2v) is 2.83. The highest BCUT2D eigenvalue weighted by Gasteiger charge is 2.00. The Hall–Kier alpha value is -0.680. The van der Waals surface area contributed by atoms with Crippen molar-refractivity contribution in [1.29, 1.82) is 0 Å². The number of nitrogens with zero attached hydrogens (tertiary/aromatic N) is 2. The molecule has 0 radical (unpaired) electrons. The van der Waals surface area contributed by atoms with Crippen LogP contribution in [0.2, 0.25) is 0 Å². The quantitative estimate of drug-likeness (QED) is 0.699. The Morgan fingerprint density at radius 1 is 1.55 bits per heavy atom. The van der Waals surface area contributed by atoms with Crippen LogP contribution in [-0.2, 0) is 6.42 Å². The van der Waals surface area contributed by atoms with Crippen LogP contribution in [0, 0.1) is 0 Å². The molecule has 5 heteroatoms. The lowest BCUT2D eigenvalue weighted by Gasteiger charge is -2.00. The fraction of sp³-hybridized carbons (Fsp3) is 0.333. The summed E-state index contributed by atoms with van der Waals surface area (Å²) in [4.78, 5) is 7.76. The van der Waals surface area contributed by atoms with Crippen LogP contribution >= 0.6 is 15.9 Å². The van der Waals surface area contributed by atoms with Crippen molar-refractivity contribution in [3.8, 4) is 0 Å². The standard InChI is InChI=1S/C6H9BrN4/c7-5-4(1-2-8)3-10-6(9)11-5/h3H,1-2,8H2,(H2,9,10,11). The zero-order valence-corrected chi connectivity index (χ0v) is 7.50. The number of halogens is 1. The summed E-state index contributed by atoms with van der Waals surface area (Å²) in [5.74, 6) is 0.276. The molecule has 0 atom stereocenters. The van der Waals surface area contributed by atoms with E-state index in [1.54, 1.807) is 6.20 Å². The van der Waals surface area contributed by atoms with Gasteiger partial charge in [-0.3, -0.25) is 0 Å². The summed E-state index contributed by atoms with van der Waals surface area (Å²) in [6.07, 6.45) is 2.44. The first-order chi connectivity index (χ1) is 5.24. The minimum absolute atomic E-state index is 0.276. The van der Waals surface area contributed by atoms with Gasteiger partial charge in [-0.1, -0.05) is 0 Å². The average molecular weight is 217 g/mol. The predicted octanol–water partition coefficient (Wildman–Crippen LogP) is 0.323. The highest BCUT2D eigenvalue weighted by atomic mass is 79.9. The second kappa shape index (κ2) is 3.64. The molecule has 4 N–H and O–H groups in total. The molecule has 0 spiro atoms. The molecule has 1 heterocycles. The molecule has 0 aliphatic carbocycles. The van der Waals surface area contributed by atoms with Crippen molar-refractivity contribution in [3.05, 3.63) is 16.4 Å². The maximum atomic E-state index is 5.36. The van der Waals surface area contributed by atoms with Gasteiger partial charge in [-0.15, -0.1) is 0 Å². The summed E-state index contributed by atoms with van der Waals surface area (Å²) in [5, 5.41) is 0. The average Bonchev–Trinajstić information content (AvgIpc) is 1.95. The van der Waals surface area contributed by atoms with Crippen molar-refractivity contribution < 1.29 is 0 Å². The van der Waals surface area contributed by atoms with Crippen molar-refractivity contribution in [3.63, 3.8) is 0 Å². The van der Waals surface area contributed by atoms with Crippen LogP contribution in [0.15, 0.2) is 10.8 Å². The molecule has 1 rings (SSSR count). The molecule has 1 aromatic heterocycles. The summed E-state index contributed by atoms with van der Waals surface area (Å²) in [7, 11) is 0. The van der Waals surface area contributed by atoms with E-state index >= 15 is 0 Å². The first-order valence-corrected chi connectivity index (χ1v) is 4.00. The molecule has 0 fully saturated rings. The summed E-state index contributed by atoms with van der Waals surface area (Å²) < 4.78 is 0.732. The van der Waals surface area contributed by atoms with E-state index in [0.717, 1.165) is 16.6 Å². The van der Waals surface area contributed by atoms with Crippen molar-refractivity contribution in [2.24, 2.45) is 5.73 Å². The van der Waals surface area contributed by atoms with Crippen LogP contribution in [-0.4, -0.2) is 16.5 Å². The van der Waals surface area contributed by atoms with Gasteiger partial charge in [-0.2, -0.15) is 0 Å². The summed E-state index contributed by atoms with van der Waals surface area (Å²) in [6, 6.07) is 0. The molecule has 0 saturated carbocycles.